The molecule has 70 valence electrons. The maximum atomic E-state index is 5.81. The highest BCUT2D eigenvalue weighted by Crippen LogP contribution is 2.44. The van der Waals surface area contributed by atoms with Crippen LogP contribution in [0.25, 0.3) is 0 Å². The number of nitrogens with zero attached hydrogens (tertiary/aromatic N) is 1. The van der Waals surface area contributed by atoms with Crippen molar-refractivity contribution in [2.75, 3.05) is 17.2 Å². The number of aromatic nitrogens is 1. The molecule has 0 amide bonds. The second kappa shape index (κ2) is 4.24. The van der Waals surface area contributed by atoms with Crippen LogP contribution in [0.2, 0.25) is 0 Å². The van der Waals surface area contributed by atoms with Crippen molar-refractivity contribution in [3.05, 3.63) is 23.9 Å². The Hall–Kier alpha value is -0.350. The summed E-state index contributed by atoms with van der Waals surface area (Å²) in [4.78, 5) is 4.11. The van der Waals surface area contributed by atoms with Crippen LogP contribution in [0.15, 0.2) is 18.3 Å². The van der Waals surface area contributed by atoms with Gasteiger partial charge in [0.15, 0.2) is 0 Å². The van der Waals surface area contributed by atoms with E-state index in [0.717, 1.165) is 0 Å². The molecule has 0 bridgehead atoms. The molecular weight excluding hydrogens is 200 g/mol. The fraction of sp³-hybridized carbons (Fsp3) is 0.444. The smallest absolute Gasteiger partial charge is 0.128 e. The van der Waals surface area contributed by atoms with Crippen molar-refractivity contribution in [3.63, 3.8) is 0 Å². The van der Waals surface area contributed by atoms with E-state index in [1.165, 1.54) is 23.5 Å². The molecule has 0 radical (unpaired) electrons. The number of nitrogens with two attached hydrogens (primary N) is 1. The van der Waals surface area contributed by atoms with Crippen LogP contribution in [-0.2, 0) is 0 Å². The third-order valence-electron chi connectivity index (χ3n) is 1.95. The molecule has 1 aliphatic heterocycles. The molecule has 2 nitrogen and oxygen atoms in total. The quantitative estimate of drug-likeness (QED) is 0.776. The van der Waals surface area contributed by atoms with Gasteiger partial charge in [-0.15, -0.1) is 23.5 Å². The van der Waals surface area contributed by atoms with Crippen LogP contribution >= 0.6 is 23.5 Å². The Kier molecular flexibility index (Phi) is 3.01. The first-order valence-corrected chi connectivity index (χ1v) is 6.41. The second-order valence-electron chi connectivity index (χ2n) is 2.90. The van der Waals surface area contributed by atoms with E-state index in [1.807, 2.05) is 29.6 Å². The largest absolute Gasteiger partial charge is 0.383 e. The van der Waals surface area contributed by atoms with Gasteiger partial charge in [0, 0.05) is 11.8 Å². The Balaban J connectivity index is 2.18. The van der Waals surface area contributed by atoms with Gasteiger partial charge in [-0.3, -0.25) is 0 Å². The van der Waals surface area contributed by atoms with Crippen LogP contribution in [0.4, 0.5) is 5.82 Å². The topological polar surface area (TPSA) is 38.9 Å². The van der Waals surface area contributed by atoms with Gasteiger partial charge in [-0.25, -0.2) is 4.98 Å². The van der Waals surface area contributed by atoms with E-state index in [1.54, 1.807) is 6.20 Å². The number of rotatable bonds is 1. The first-order valence-electron chi connectivity index (χ1n) is 4.31. The Labute approximate surface area is 86.7 Å². The van der Waals surface area contributed by atoms with E-state index in [4.69, 9.17) is 5.73 Å². The van der Waals surface area contributed by atoms with E-state index in [-0.39, 0.29) is 0 Å². The minimum atomic E-state index is 0.502. The molecule has 0 spiro atoms. The summed E-state index contributed by atoms with van der Waals surface area (Å²) in [6, 6.07) is 4.04. The zero-order valence-electron chi connectivity index (χ0n) is 7.27. The molecule has 0 aromatic carbocycles. The number of anilines is 1. The highest BCUT2D eigenvalue weighted by molar-refractivity contribution is 8.16. The molecule has 4 heteroatoms. The summed E-state index contributed by atoms with van der Waals surface area (Å²) in [5.74, 6) is 3.17. The molecule has 0 unspecified atom stereocenters. The Bertz CT molecular complexity index is 285. The normalized spacial score (nSPS) is 18.8. The number of nitrogen functional groups attached to an aromatic ring is 1. The molecule has 1 aliphatic rings. The average molecular weight is 212 g/mol. The van der Waals surface area contributed by atoms with Crippen LogP contribution in [0, 0.1) is 0 Å². The maximum Gasteiger partial charge on any atom is 0.128 e. The van der Waals surface area contributed by atoms with Crippen molar-refractivity contribution in [1.29, 1.82) is 0 Å². The lowest BCUT2D eigenvalue weighted by Gasteiger charge is -2.21. The van der Waals surface area contributed by atoms with E-state index >= 15 is 0 Å². The van der Waals surface area contributed by atoms with Crippen LogP contribution in [-0.4, -0.2) is 16.5 Å². The second-order valence-corrected chi connectivity index (χ2v) is 5.63. The Morgan fingerprint density at radius 1 is 1.38 bits per heavy atom. The standard InChI is InChI=1S/C9H12N2S2/c10-8-7(3-1-4-11-8)9-12-5-2-6-13-9/h1,3-4,9H,2,5-6H2,(H2,10,11). The molecule has 0 saturated carbocycles. The summed E-state index contributed by atoms with van der Waals surface area (Å²) >= 11 is 3.95. The first-order chi connectivity index (χ1) is 6.38. The zero-order valence-corrected chi connectivity index (χ0v) is 8.90. The van der Waals surface area contributed by atoms with Crippen molar-refractivity contribution in [2.45, 2.75) is 11.0 Å². The van der Waals surface area contributed by atoms with Gasteiger partial charge in [0.25, 0.3) is 0 Å². The van der Waals surface area contributed by atoms with Crippen molar-refractivity contribution < 1.29 is 0 Å². The molecule has 0 aliphatic carbocycles. The van der Waals surface area contributed by atoms with Crippen molar-refractivity contribution in [1.82, 2.24) is 4.98 Å². The van der Waals surface area contributed by atoms with Gasteiger partial charge in [-0.1, -0.05) is 6.07 Å². The number of hydrogen-bond donors (Lipinski definition) is 1. The van der Waals surface area contributed by atoms with Crippen molar-refractivity contribution in [2.24, 2.45) is 0 Å². The highest BCUT2D eigenvalue weighted by atomic mass is 32.2. The van der Waals surface area contributed by atoms with E-state index in [2.05, 4.69) is 11.1 Å². The number of thioether (sulfide) groups is 2. The molecule has 2 heterocycles. The number of pyridine rings is 1. The van der Waals surface area contributed by atoms with E-state index in [0.29, 0.717) is 10.4 Å². The minimum absolute atomic E-state index is 0.502. The predicted molar refractivity (Wildman–Crippen MR) is 60.9 cm³/mol. The Morgan fingerprint density at radius 2 is 2.15 bits per heavy atom. The summed E-state index contributed by atoms with van der Waals surface area (Å²) < 4.78 is 0.502. The highest BCUT2D eigenvalue weighted by Gasteiger charge is 2.18. The lowest BCUT2D eigenvalue weighted by molar-refractivity contribution is 1.09. The SMILES string of the molecule is Nc1ncccc1C1SCCCS1. The van der Waals surface area contributed by atoms with E-state index in [9.17, 15) is 0 Å². The average Bonchev–Trinajstić information content (AvgIpc) is 2.20. The zero-order chi connectivity index (χ0) is 9.10. The lowest BCUT2D eigenvalue weighted by Crippen LogP contribution is -2.04. The minimum Gasteiger partial charge on any atom is -0.383 e. The molecule has 13 heavy (non-hydrogen) atoms. The maximum absolute atomic E-state index is 5.81. The van der Waals surface area contributed by atoms with Crippen molar-refractivity contribution in [3.8, 4) is 0 Å². The predicted octanol–water partition coefficient (Wildman–Crippen LogP) is 2.53. The Morgan fingerprint density at radius 3 is 2.85 bits per heavy atom. The lowest BCUT2D eigenvalue weighted by atomic mass is 10.3. The van der Waals surface area contributed by atoms with Crippen LogP contribution < -0.4 is 5.73 Å². The summed E-state index contributed by atoms with van der Waals surface area (Å²) in [5, 5.41) is 0. The fourth-order valence-electron chi connectivity index (χ4n) is 1.30. The number of hydrogen-bond acceptors (Lipinski definition) is 4. The van der Waals surface area contributed by atoms with Gasteiger partial charge in [-0.2, -0.15) is 0 Å². The van der Waals surface area contributed by atoms with Gasteiger partial charge >= 0.3 is 0 Å². The van der Waals surface area contributed by atoms with Crippen LogP contribution in [0.5, 0.6) is 0 Å². The molecule has 1 fully saturated rings. The van der Waals surface area contributed by atoms with Crippen molar-refractivity contribution >= 4 is 29.3 Å². The molecule has 2 N–H and O–H groups in total. The molecule has 1 aromatic heterocycles. The van der Waals surface area contributed by atoms with Gasteiger partial charge < -0.3 is 5.73 Å². The molecular formula is C9H12N2S2. The summed E-state index contributed by atoms with van der Waals surface area (Å²) in [7, 11) is 0. The molecule has 2 rings (SSSR count). The summed E-state index contributed by atoms with van der Waals surface area (Å²) in [5.41, 5.74) is 7.01. The third-order valence-corrected chi connectivity index (χ3v) is 4.93. The summed E-state index contributed by atoms with van der Waals surface area (Å²) in [6.07, 6.45) is 3.06. The monoisotopic (exact) mass is 212 g/mol. The van der Waals surface area contributed by atoms with Crippen LogP contribution in [0.3, 0.4) is 0 Å². The summed E-state index contributed by atoms with van der Waals surface area (Å²) in [6.45, 7) is 0. The molecule has 0 atom stereocenters. The molecule has 1 aromatic rings. The van der Waals surface area contributed by atoms with Gasteiger partial charge in [0.2, 0.25) is 0 Å². The van der Waals surface area contributed by atoms with Gasteiger partial charge in [-0.05, 0) is 24.0 Å². The third kappa shape index (κ3) is 2.11. The fourth-order valence-corrected chi connectivity index (χ4v) is 4.25. The first kappa shape index (κ1) is 9.21. The molecule has 1 saturated heterocycles. The van der Waals surface area contributed by atoms with Gasteiger partial charge in [0.05, 0.1) is 4.58 Å². The van der Waals surface area contributed by atoms with E-state index < -0.39 is 0 Å². The van der Waals surface area contributed by atoms with Crippen LogP contribution in [0.1, 0.15) is 16.6 Å². The van der Waals surface area contributed by atoms with Gasteiger partial charge in [0.1, 0.15) is 5.82 Å².